The number of aromatic nitrogens is 2. The lowest BCUT2D eigenvalue weighted by Crippen LogP contribution is -2.52. The van der Waals surface area contributed by atoms with Gasteiger partial charge in [0, 0.05) is 68.4 Å². The number of hydrogen-bond acceptors (Lipinski definition) is 6. The molecule has 29 heavy (non-hydrogen) atoms. The topological polar surface area (TPSA) is 69.6 Å². The summed E-state index contributed by atoms with van der Waals surface area (Å²) in [4.78, 5) is 30.2. The van der Waals surface area contributed by atoms with Crippen LogP contribution < -0.4 is 0 Å². The quantitative estimate of drug-likeness (QED) is 0.738. The summed E-state index contributed by atoms with van der Waals surface area (Å²) in [5.41, 5.74) is 2.19. The Morgan fingerprint density at radius 1 is 1.07 bits per heavy atom. The van der Waals surface area contributed by atoms with Gasteiger partial charge in [0.25, 0.3) is 0 Å². The van der Waals surface area contributed by atoms with Crippen molar-refractivity contribution in [1.29, 1.82) is 0 Å². The number of hydrogen-bond donors (Lipinski definition) is 0. The number of piperazine rings is 1. The van der Waals surface area contributed by atoms with Gasteiger partial charge < -0.3 is 9.80 Å². The minimum absolute atomic E-state index is 0.0714. The van der Waals surface area contributed by atoms with Crippen molar-refractivity contribution in [3.63, 3.8) is 0 Å². The van der Waals surface area contributed by atoms with Crippen molar-refractivity contribution in [2.45, 2.75) is 18.8 Å². The Kier molecular flexibility index (Phi) is 6.12. The van der Waals surface area contributed by atoms with E-state index in [4.69, 9.17) is 11.6 Å². The third kappa shape index (κ3) is 4.60. The summed E-state index contributed by atoms with van der Waals surface area (Å²) in [6, 6.07) is 7.95. The molecular formula is C20H24ClN5O2S. The summed E-state index contributed by atoms with van der Waals surface area (Å²) in [7, 11) is 0. The fraction of sp³-hybridized carbons (Fsp3) is 0.500. The van der Waals surface area contributed by atoms with E-state index in [-0.39, 0.29) is 23.7 Å². The van der Waals surface area contributed by atoms with Crippen LogP contribution in [-0.4, -0.2) is 81.9 Å². The molecule has 0 bridgehead atoms. The van der Waals surface area contributed by atoms with Gasteiger partial charge in [0.2, 0.25) is 11.8 Å². The Morgan fingerprint density at radius 3 is 2.34 bits per heavy atom. The molecule has 3 heterocycles. The normalized spacial score (nSPS) is 22.8. The van der Waals surface area contributed by atoms with E-state index in [1.165, 1.54) is 17.1 Å². The Bertz CT molecular complexity index is 852. The molecule has 2 fully saturated rings. The molecule has 0 unspecified atom stereocenters. The van der Waals surface area contributed by atoms with E-state index >= 15 is 0 Å². The molecule has 1 aromatic heterocycles. The average molecular weight is 434 g/mol. The van der Waals surface area contributed by atoms with E-state index in [9.17, 15) is 9.59 Å². The van der Waals surface area contributed by atoms with Crippen LogP contribution in [0.25, 0.3) is 0 Å². The minimum Gasteiger partial charge on any atom is -0.339 e. The van der Waals surface area contributed by atoms with E-state index in [0.29, 0.717) is 32.7 Å². The average Bonchev–Trinajstić information content (AvgIpc) is 3.38. The molecule has 2 amide bonds. The summed E-state index contributed by atoms with van der Waals surface area (Å²) in [5.74, 6) is 0.651. The highest BCUT2D eigenvalue weighted by Crippen LogP contribution is 2.39. The zero-order valence-electron chi connectivity index (χ0n) is 16.3. The molecule has 2 aliphatic rings. The first-order valence-corrected chi connectivity index (χ1v) is 11.0. The second-order valence-electron chi connectivity index (χ2n) is 7.68. The third-order valence-electron chi connectivity index (χ3n) is 5.89. The van der Waals surface area contributed by atoms with E-state index in [1.54, 1.807) is 11.8 Å². The lowest BCUT2D eigenvalue weighted by atomic mass is 9.87. The Balaban J connectivity index is 1.43. The van der Waals surface area contributed by atoms with Crippen molar-refractivity contribution >= 4 is 34.9 Å². The van der Waals surface area contributed by atoms with Crippen LogP contribution in [0.1, 0.15) is 30.0 Å². The Labute approximate surface area is 179 Å². The maximum atomic E-state index is 12.8. The van der Waals surface area contributed by atoms with Crippen molar-refractivity contribution in [2.24, 2.45) is 0 Å². The molecule has 2 atom stereocenters. The first-order valence-electron chi connectivity index (χ1n) is 9.79. The third-order valence-corrected chi connectivity index (χ3v) is 6.66. The Morgan fingerprint density at radius 2 is 1.72 bits per heavy atom. The van der Waals surface area contributed by atoms with Crippen molar-refractivity contribution in [2.75, 3.05) is 45.8 Å². The van der Waals surface area contributed by atoms with E-state index < -0.39 is 0 Å². The predicted molar refractivity (Wildman–Crippen MR) is 112 cm³/mol. The monoisotopic (exact) mass is 433 g/mol. The molecule has 9 heteroatoms. The first kappa shape index (κ1) is 20.3. The van der Waals surface area contributed by atoms with Crippen LogP contribution in [0, 0.1) is 0 Å². The van der Waals surface area contributed by atoms with Gasteiger partial charge >= 0.3 is 0 Å². The molecule has 0 N–H and O–H groups in total. The van der Waals surface area contributed by atoms with E-state index in [0.717, 1.165) is 23.8 Å². The van der Waals surface area contributed by atoms with Crippen LogP contribution in [0.4, 0.5) is 0 Å². The lowest BCUT2D eigenvalue weighted by Gasteiger charge is -2.35. The van der Waals surface area contributed by atoms with Crippen LogP contribution in [0.5, 0.6) is 0 Å². The highest BCUT2D eigenvalue weighted by molar-refractivity contribution is 7.03. The fourth-order valence-electron chi connectivity index (χ4n) is 4.26. The molecule has 154 valence electrons. The molecular weight excluding hydrogens is 410 g/mol. The van der Waals surface area contributed by atoms with Crippen LogP contribution in [0.3, 0.4) is 0 Å². The van der Waals surface area contributed by atoms with Crippen molar-refractivity contribution in [1.82, 2.24) is 24.3 Å². The van der Waals surface area contributed by atoms with Gasteiger partial charge in [-0.1, -0.05) is 28.2 Å². The smallest absolute Gasteiger partial charge is 0.236 e. The SMILES string of the molecule is CC(=O)N1CCN(C(=O)CN2C[C@H](c3ccc(Cl)cc3)[C@@H](c3csnn3)C2)CC1. The number of likely N-dealkylation sites (tertiary alicyclic amines) is 1. The highest BCUT2D eigenvalue weighted by atomic mass is 35.5. The molecule has 7 nitrogen and oxygen atoms in total. The number of rotatable bonds is 4. The van der Waals surface area contributed by atoms with Crippen molar-refractivity contribution < 1.29 is 9.59 Å². The summed E-state index contributed by atoms with van der Waals surface area (Å²) in [5, 5.41) is 7.02. The second kappa shape index (κ2) is 8.77. The van der Waals surface area contributed by atoms with Gasteiger partial charge in [-0.25, -0.2) is 0 Å². The standard InChI is InChI=1S/C20H24ClN5O2S/c1-14(27)25-6-8-26(9-7-25)20(28)12-24-10-17(15-2-4-16(21)5-3-15)18(11-24)19-13-29-23-22-19/h2-5,13,17-18H,6-12H2,1H3/t17-,18+/m1/s1. The van der Waals surface area contributed by atoms with Crippen LogP contribution in [-0.2, 0) is 9.59 Å². The number of benzene rings is 1. The molecule has 0 spiro atoms. The van der Waals surface area contributed by atoms with Crippen molar-refractivity contribution in [3.8, 4) is 0 Å². The number of amides is 2. The highest BCUT2D eigenvalue weighted by Gasteiger charge is 2.37. The maximum absolute atomic E-state index is 12.8. The van der Waals surface area contributed by atoms with Gasteiger partial charge in [0.1, 0.15) is 0 Å². The summed E-state index contributed by atoms with van der Waals surface area (Å²) in [6.45, 7) is 5.97. The zero-order chi connectivity index (χ0) is 20.4. The molecule has 0 radical (unpaired) electrons. The maximum Gasteiger partial charge on any atom is 0.236 e. The van der Waals surface area contributed by atoms with Gasteiger partial charge in [-0.05, 0) is 29.2 Å². The van der Waals surface area contributed by atoms with Gasteiger partial charge in [0.05, 0.1) is 12.2 Å². The summed E-state index contributed by atoms with van der Waals surface area (Å²) < 4.78 is 4.03. The largest absolute Gasteiger partial charge is 0.339 e. The van der Waals surface area contributed by atoms with Gasteiger partial charge in [-0.2, -0.15) is 0 Å². The predicted octanol–water partition coefficient (Wildman–Crippen LogP) is 2.07. The molecule has 2 aliphatic heterocycles. The van der Waals surface area contributed by atoms with E-state index in [1.807, 2.05) is 22.4 Å². The van der Waals surface area contributed by atoms with Crippen LogP contribution >= 0.6 is 23.1 Å². The lowest BCUT2D eigenvalue weighted by molar-refractivity contribution is -0.139. The van der Waals surface area contributed by atoms with E-state index in [2.05, 4.69) is 26.6 Å². The van der Waals surface area contributed by atoms with Gasteiger partial charge in [0.15, 0.2) is 0 Å². The van der Waals surface area contributed by atoms with Crippen LogP contribution in [0.15, 0.2) is 29.6 Å². The Hall–Kier alpha value is -2.03. The molecule has 0 saturated carbocycles. The second-order valence-corrected chi connectivity index (χ2v) is 8.72. The minimum atomic E-state index is 0.0714. The molecule has 2 saturated heterocycles. The number of carbonyl (C=O) groups excluding carboxylic acids is 2. The van der Waals surface area contributed by atoms with Gasteiger partial charge in [-0.15, -0.1) is 5.10 Å². The van der Waals surface area contributed by atoms with Crippen LogP contribution in [0.2, 0.25) is 5.02 Å². The summed E-state index contributed by atoms with van der Waals surface area (Å²) in [6.07, 6.45) is 0. The number of nitrogens with zero attached hydrogens (tertiary/aromatic N) is 5. The fourth-order valence-corrected chi connectivity index (χ4v) is 4.90. The number of carbonyl (C=O) groups is 2. The molecule has 1 aromatic carbocycles. The summed E-state index contributed by atoms with van der Waals surface area (Å²) >= 11 is 7.42. The van der Waals surface area contributed by atoms with Gasteiger partial charge in [-0.3, -0.25) is 14.5 Å². The molecule has 4 rings (SSSR count). The molecule has 0 aliphatic carbocycles. The van der Waals surface area contributed by atoms with Crippen molar-refractivity contribution in [3.05, 3.63) is 45.9 Å². The number of halogens is 1. The molecule has 2 aromatic rings. The zero-order valence-corrected chi connectivity index (χ0v) is 17.9. The first-order chi connectivity index (χ1) is 14.0.